The number of nitrogens with zero attached hydrogens (tertiary/aromatic N) is 1. The van der Waals surface area contributed by atoms with E-state index in [9.17, 15) is 5.11 Å². The Morgan fingerprint density at radius 3 is 2.47 bits per heavy atom. The van der Waals surface area contributed by atoms with E-state index >= 15 is 0 Å². The summed E-state index contributed by atoms with van der Waals surface area (Å²) in [7, 11) is 2.71. The van der Waals surface area contributed by atoms with Crippen molar-refractivity contribution in [3.8, 4) is 0 Å². The van der Waals surface area contributed by atoms with E-state index in [-0.39, 0.29) is 0 Å². The standard InChI is InChI=1S/C12H18NOP/c1-10-4-2-3-5-11(10)12(14)6-8-13(15)9-7-12/h2-5,14H,6-9,15H2,1H3. The molecule has 2 nitrogen and oxygen atoms in total. The van der Waals surface area contributed by atoms with E-state index in [0.29, 0.717) is 0 Å². The number of aryl methyl sites for hydroxylation is 1. The molecule has 3 heteroatoms. The highest BCUT2D eigenvalue weighted by Gasteiger charge is 2.33. The average Bonchev–Trinajstić information content (AvgIpc) is 2.23. The fourth-order valence-electron chi connectivity index (χ4n) is 2.26. The van der Waals surface area contributed by atoms with Gasteiger partial charge in [0.2, 0.25) is 0 Å². The van der Waals surface area contributed by atoms with Crippen LogP contribution >= 0.6 is 9.39 Å². The van der Waals surface area contributed by atoms with Crippen LogP contribution in [0.3, 0.4) is 0 Å². The summed E-state index contributed by atoms with van der Waals surface area (Å²) in [5.74, 6) is 0. The first-order valence-corrected chi connectivity index (χ1v) is 5.92. The van der Waals surface area contributed by atoms with Gasteiger partial charge in [0.15, 0.2) is 0 Å². The minimum atomic E-state index is -0.613. The van der Waals surface area contributed by atoms with Gasteiger partial charge in [-0.2, -0.15) is 0 Å². The van der Waals surface area contributed by atoms with Gasteiger partial charge in [-0.15, -0.1) is 0 Å². The molecule has 1 atom stereocenters. The van der Waals surface area contributed by atoms with Crippen molar-refractivity contribution in [2.75, 3.05) is 13.1 Å². The minimum absolute atomic E-state index is 0.613. The van der Waals surface area contributed by atoms with Crippen LogP contribution in [0.25, 0.3) is 0 Å². The first-order chi connectivity index (χ1) is 7.12. The molecule has 1 saturated heterocycles. The molecule has 0 saturated carbocycles. The van der Waals surface area contributed by atoms with Gasteiger partial charge in [-0.25, -0.2) is 0 Å². The molecule has 0 bridgehead atoms. The molecule has 1 aromatic rings. The number of hydrogen-bond acceptors (Lipinski definition) is 2. The van der Waals surface area contributed by atoms with Gasteiger partial charge >= 0.3 is 0 Å². The molecule has 1 unspecified atom stereocenters. The van der Waals surface area contributed by atoms with Crippen LogP contribution in [-0.2, 0) is 5.60 Å². The van der Waals surface area contributed by atoms with Crippen LogP contribution in [0, 0.1) is 6.92 Å². The van der Waals surface area contributed by atoms with Gasteiger partial charge in [0, 0.05) is 13.1 Å². The molecule has 82 valence electrons. The second-order valence-corrected chi connectivity index (χ2v) is 5.11. The molecule has 1 N–H and O–H groups in total. The first-order valence-electron chi connectivity index (χ1n) is 5.40. The number of hydrogen-bond donors (Lipinski definition) is 1. The van der Waals surface area contributed by atoms with Crippen LogP contribution in [0.1, 0.15) is 24.0 Å². The largest absolute Gasteiger partial charge is 0.385 e. The van der Waals surface area contributed by atoms with Crippen molar-refractivity contribution in [1.82, 2.24) is 4.67 Å². The normalized spacial score (nSPS) is 21.5. The maximum absolute atomic E-state index is 10.6. The van der Waals surface area contributed by atoms with Gasteiger partial charge < -0.3 is 5.11 Å². The third kappa shape index (κ3) is 2.23. The van der Waals surface area contributed by atoms with E-state index in [1.165, 1.54) is 5.56 Å². The molecular weight excluding hydrogens is 205 g/mol. The van der Waals surface area contributed by atoms with Crippen LogP contribution in [0.15, 0.2) is 24.3 Å². The Morgan fingerprint density at radius 2 is 1.87 bits per heavy atom. The molecule has 0 amide bonds. The lowest BCUT2D eigenvalue weighted by molar-refractivity contribution is -0.00876. The fourth-order valence-corrected chi connectivity index (χ4v) is 2.52. The van der Waals surface area contributed by atoms with Crippen molar-refractivity contribution >= 4 is 9.39 Å². The molecule has 2 rings (SSSR count). The molecule has 1 heterocycles. The molecular formula is C12H18NOP. The van der Waals surface area contributed by atoms with E-state index in [0.717, 1.165) is 31.5 Å². The highest BCUT2D eigenvalue weighted by molar-refractivity contribution is 7.13. The third-order valence-electron chi connectivity index (χ3n) is 3.27. The first kappa shape index (κ1) is 11.1. The Morgan fingerprint density at radius 1 is 1.27 bits per heavy atom. The fraction of sp³-hybridized carbons (Fsp3) is 0.500. The smallest absolute Gasteiger partial charge is 0.0923 e. The van der Waals surface area contributed by atoms with Crippen LogP contribution < -0.4 is 0 Å². The number of benzene rings is 1. The van der Waals surface area contributed by atoms with Crippen molar-refractivity contribution in [2.45, 2.75) is 25.4 Å². The average molecular weight is 223 g/mol. The number of rotatable bonds is 1. The second-order valence-electron chi connectivity index (χ2n) is 4.38. The Hall–Kier alpha value is -0.430. The lowest BCUT2D eigenvalue weighted by Gasteiger charge is -2.37. The van der Waals surface area contributed by atoms with Crippen molar-refractivity contribution in [1.29, 1.82) is 0 Å². The molecule has 0 aliphatic carbocycles. The van der Waals surface area contributed by atoms with Gasteiger partial charge in [-0.3, -0.25) is 4.67 Å². The summed E-state index contributed by atoms with van der Waals surface area (Å²) in [4.78, 5) is 0. The summed E-state index contributed by atoms with van der Waals surface area (Å²) < 4.78 is 2.19. The summed E-state index contributed by atoms with van der Waals surface area (Å²) in [6, 6.07) is 8.15. The van der Waals surface area contributed by atoms with Crippen molar-refractivity contribution in [3.63, 3.8) is 0 Å². The van der Waals surface area contributed by atoms with Crippen LogP contribution in [0.4, 0.5) is 0 Å². The summed E-state index contributed by atoms with van der Waals surface area (Å²) in [5, 5.41) is 10.6. The predicted octanol–water partition coefficient (Wildman–Crippen LogP) is 2.07. The zero-order valence-electron chi connectivity index (χ0n) is 9.11. The Bertz CT molecular complexity index is 345. The lowest BCUT2D eigenvalue weighted by Crippen LogP contribution is -2.38. The maximum atomic E-state index is 10.6. The lowest BCUT2D eigenvalue weighted by atomic mass is 9.83. The SMILES string of the molecule is Cc1ccccc1C1(O)CCN(P)CC1. The van der Waals surface area contributed by atoms with Gasteiger partial charge in [-0.05, 0) is 30.9 Å². The van der Waals surface area contributed by atoms with Crippen molar-refractivity contribution < 1.29 is 5.11 Å². The highest BCUT2D eigenvalue weighted by atomic mass is 31.0. The van der Waals surface area contributed by atoms with Crippen LogP contribution in [-0.4, -0.2) is 22.9 Å². The van der Waals surface area contributed by atoms with E-state index in [4.69, 9.17) is 0 Å². The number of piperidine rings is 1. The molecule has 1 aliphatic rings. The van der Waals surface area contributed by atoms with Crippen LogP contribution in [0.2, 0.25) is 0 Å². The third-order valence-corrected chi connectivity index (χ3v) is 3.79. The van der Waals surface area contributed by atoms with Crippen LogP contribution in [0.5, 0.6) is 0 Å². The monoisotopic (exact) mass is 223 g/mol. The Labute approximate surface area is 93.6 Å². The van der Waals surface area contributed by atoms with Crippen molar-refractivity contribution in [3.05, 3.63) is 35.4 Å². The highest BCUT2D eigenvalue weighted by Crippen LogP contribution is 2.35. The van der Waals surface area contributed by atoms with Gasteiger partial charge in [0.25, 0.3) is 0 Å². The topological polar surface area (TPSA) is 23.5 Å². The van der Waals surface area contributed by atoms with Crippen molar-refractivity contribution in [2.24, 2.45) is 0 Å². The Balaban J connectivity index is 2.26. The molecule has 1 aromatic carbocycles. The summed E-state index contributed by atoms with van der Waals surface area (Å²) >= 11 is 0. The second kappa shape index (κ2) is 4.21. The molecule has 1 fully saturated rings. The number of aliphatic hydroxyl groups is 1. The summed E-state index contributed by atoms with van der Waals surface area (Å²) in [6.45, 7) is 3.95. The predicted molar refractivity (Wildman–Crippen MR) is 65.6 cm³/mol. The Kier molecular flexibility index (Phi) is 3.11. The van der Waals surface area contributed by atoms with E-state index in [2.05, 4.69) is 27.1 Å². The minimum Gasteiger partial charge on any atom is -0.385 e. The quantitative estimate of drug-likeness (QED) is 0.737. The molecule has 0 spiro atoms. The maximum Gasteiger partial charge on any atom is 0.0923 e. The van der Waals surface area contributed by atoms with E-state index in [1.54, 1.807) is 0 Å². The molecule has 0 aromatic heterocycles. The van der Waals surface area contributed by atoms with E-state index < -0.39 is 5.60 Å². The zero-order chi connectivity index (χ0) is 10.9. The molecule has 1 aliphatic heterocycles. The molecule has 0 radical (unpaired) electrons. The summed E-state index contributed by atoms with van der Waals surface area (Å²) in [5.41, 5.74) is 1.68. The van der Waals surface area contributed by atoms with E-state index in [1.807, 2.05) is 18.2 Å². The zero-order valence-corrected chi connectivity index (χ0v) is 10.3. The molecule has 15 heavy (non-hydrogen) atoms. The van der Waals surface area contributed by atoms with Gasteiger partial charge in [0.05, 0.1) is 5.60 Å². The summed E-state index contributed by atoms with van der Waals surface area (Å²) in [6.07, 6.45) is 1.64. The van der Waals surface area contributed by atoms with Gasteiger partial charge in [0.1, 0.15) is 0 Å². The van der Waals surface area contributed by atoms with Gasteiger partial charge in [-0.1, -0.05) is 33.7 Å².